The van der Waals surface area contributed by atoms with E-state index in [1.165, 1.54) is 11.3 Å². The number of H-pyrrole nitrogens is 1. The molecule has 0 atom stereocenters. The molecule has 0 saturated carbocycles. The summed E-state index contributed by atoms with van der Waals surface area (Å²) in [5.74, 6) is 0. The van der Waals surface area contributed by atoms with Gasteiger partial charge in [0.2, 0.25) is 0 Å². The molecule has 0 fully saturated rings. The van der Waals surface area contributed by atoms with Crippen molar-refractivity contribution in [2.45, 2.75) is 6.92 Å². The molecule has 0 aliphatic carbocycles. The van der Waals surface area contributed by atoms with E-state index < -0.39 is 0 Å². The van der Waals surface area contributed by atoms with Crippen LogP contribution in [0.2, 0.25) is 0 Å². The summed E-state index contributed by atoms with van der Waals surface area (Å²) in [6.07, 6.45) is 0. The van der Waals surface area contributed by atoms with E-state index in [-0.39, 0.29) is 22.4 Å². The predicted octanol–water partition coefficient (Wildman–Crippen LogP) is 1.51. The van der Waals surface area contributed by atoms with Crippen LogP contribution in [0.3, 0.4) is 0 Å². The van der Waals surface area contributed by atoms with E-state index in [1.807, 2.05) is 6.92 Å². The first-order chi connectivity index (χ1) is 3.29. The molecule has 8 heavy (non-hydrogen) atoms. The molecule has 1 aromatic heterocycles. The molecule has 2 nitrogen and oxygen atoms in total. The number of aromatic amines is 1. The molecular weight excluding hydrogens is 325 g/mol. The van der Waals surface area contributed by atoms with Gasteiger partial charge in [0.1, 0.15) is 5.01 Å². The van der Waals surface area contributed by atoms with Crippen molar-refractivity contribution < 1.29 is 22.4 Å². The second-order valence-corrected chi connectivity index (χ2v) is 3.00. The summed E-state index contributed by atoms with van der Waals surface area (Å²) in [7, 11) is 0. The number of hydrogen-bond acceptors (Lipinski definition) is 3. The SMILES string of the molecule is Cc1n[nH]c(=S)s1.[Au]. The van der Waals surface area contributed by atoms with Gasteiger partial charge in [-0.25, -0.2) is 0 Å². The number of aryl methyl sites for hydroxylation is 1. The zero-order valence-corrected chi connectivity index (χ0v) is 7.86. The van der Waals surface area contributed by atoms with Gasteiger partial charge in [-0.2, -0.15) is 5.10 Å². The first-order valence-corrected chi connectivity index (χ1v) is 3.03. The largest absolute Gasteiger partial charge is 0.258 e. The Hall–Kier alpha value is 0.520. The Morgan fingerprint density at radius 2 is 2.38 bits per heavy atom. The minimum absolute atomic E-state index is 0. The van der Waals surface area contributed by atoms with E-state index in [0.717, 1.165) is 8.96 Å². The van der Waals surface area contributed by atoms with Crippen molar-refractivity contribution in [1.29, 1.82) is 0 Å². The van der Waals surface area contributed by atoms with Crippen LogP contribution < -0.4 is 0 Å². The number of hydrogen-bond donors (Lipinski definition) is 1. The fraction of sp³-hybridized carbons (Fsp3) is 0.333. The molecule has 1 rings (SSSR count). The number of rotatable bonds is 0. The van der Waals surface area contributed by atoms with Crippen molar-refractivity contribution in [2.75, 3.05) is 0 Å². The van der Waals surface area contributed by atoms with Crippen LogP contribution in [0.15, 0.2) is 0 Å². The average molecular weight is 329 g/mol. The molecule has 0 bridgehead atoms. The maximum atomic E-state index is 4.73. The van der Waals surface area contributed by atoms with Gasteiger partial charge in [0.25, 0.3) is 0 Å². The van der Waals surface area contributed by atoms with E-state index in [4.69, 9.17) is 12.2 Å². The minimum Gasteiger partial charge on any atom is -0.258 e. The molecule has 0 aromatic carbocycles. The third-order valence-electron chi connectivity index (χ3n) is 0.545. The summed E-state index contributed by atoms with van der Waals surface area (Å²) in [5.41, 5.74) is 0. The van der Waals surface area contributed by atoms with Crippen LogP contribution in [-0.4, -0.2) is 10.2 Å². The summed E-state index contributed by atoms with van der Waals surface area (Å²) < 4.78 is 0.748. The average Bonchev–Trinajstić information content (AvgIpc) is 1.87. The topological polar surface area (TPSA) is 28.7 Å². The van der Waals surface area contributed by atoms with E-state index >= 15 is 0 Å². The quantitative estimate of drug-likeness (QED) is 0.577. The standard InChI is InChI=1S/C3H4N2S2.Au/c1-2-4-5-3(6)7-2;/h1H3,(H,5,6);. The molecule has 1 aromatic rings. The maximum absolute atomic E-state index is 4.73. The molecule has 0 saturated heterocycles. The van der Waals surface area contributed by atoms with Gasteiger partial charge in [0.15, 0.2) is 3.95 Å². The van der Waals surface area contributed by atoms with Gasteiger partial charge in [0.05, 0.1) is 0 Å². The zero-order valence-electron chi connectivity index (χ0n) is 4.07. The van der Waals surface area contributed by atoms with E-state index in [9.17, 15) is 0 Å². The first-order valence-electron chi connectivity index (χ1n) is 1.81. The second kappa shape index (κ2) is 3.53. The van der Waals surface area contributed by atoms with Crippen LogP contribution in [0, 0.1) is 10.9 Å². The maximum Gasteiger partial charge on any atom is 0.176 e. The van der Waals surface area contributed by atoms with Crippen LogP contribution in [-0.2, 0) is 22.4 Å². The molecule has 0 spiro atoms. The molecule has 1 heterocycles. The van der Waals surface area contributed by atoms with Crippen molar-refractivity contribution >= 4 is 23.6 Å². The minimum atomic E-state index is 0. The van der Waals surface area contributed by atoms with Crippen LogP contribution in [0.4, 0.5) is 0 Å². The molecule has 0 aliphatic rings. The van der Waals surface area contributed by atoms with Crippen LogP contribution >= 0.6 is 23.6 Å². The monoisotopic (exact) mass is 329 g/mol. The van der Waals surface area contributed by atoms with Crippen LogP contribution in [0.25, 0.3) is 0 Å². The fourth-order valence-corrected chi connectivity index (χ4v) is 1.16. The molecule has 0 aliphatic heterocycles. The van der Waals surface area contributed by atoms with Crippen molar-refractivity contribution in [3.63, 3.8) is 0 Å². The number of nitrogens with zero attached hydrogens (tertiary/aromatic N) is 1. The Balaban J connectivity index is 0.000000490. The summed E-state index contributed by atoms with van der Waals surface area (Å²) in [5, 5.41) is 7.45. The van der Waals surface area contributed by atoms with Crippen molar-refractivity contribution in [3.8, 4) is 0 Å². The molecule has 49 valence electrons. The number of nitrogens with one attached hydrogen (secondary N) is 1. The summed E-state index contributed by atoms with van der Waals surface area (Å²) in [4.78, 5) is 0. The summed E-state index contributed by atoms with van der Waals surface area (Å²) >= 11 is 6.22. The molecule has 1 N–H and O–H groups in total. The third kappa shape index (κ3) is 2.19. The van der Waals surface area contributed by atoms with Gasteiger partial charge < -0.3 is 0 Å². The van der Waals surface area contributed by atoms with E-state index in [2.05, 4.69) is 10.2 Å². The van der Waals surface area contributed by atoms with Crippen LogP contribution in [0.1, 0.15) is 5.01 Å². The van der Waals surface area contributed by atoms with Gasteiger partial charge in [0, 0.05) is 22.4 Å². The Kier molecular flexibility index (Phi) is 3.76. The second-order valence-electron chi connectivity index (χ2n) is 1.13. The fourth-order valence-electron chi connectivity index (χ4n) is 0.304. The van der Waals surface area contributed by atoms with Gasteiger partial charge >= 0.3 is 0 Å². The normalized spacial score (nSPS) is 8.12. The Morgan fingerprint density at radius 1 is 1.75 bits per heavy atom. The van der Waals surface area contributed by atoms with Gasteiger partial charge in [-0.3, -0.25) is 5.10 Å². The summed E-state index contributed by atoms with van der Waals surface area (Å²) in [6.45, 7) is 1.91. The smallest absolute Gasteiger partial charge is 0.176 e. The Bertz CT molecular complexity index is 203. The molecular formula is C3H4AuN2S2. The predicted molar refractivity (Wildman–Crippen MR) is 32.0 cm³/mol. The molecule has 0 amide bonds. The Labute approximate surface area is 71.8 Å². The molecule has 5 heteroatoms. The van der Waals surface area contributed by atoms with Crippen molar-refractivity contribution in [1.82, 2.24) is 10.2 Å². The van der Waals surface area contributed by atoms with Crippen molar-refractivity contribution in [2.24, 2.45) is 0 Å². The zero-order chi connectivity index (χ0) is 5.28. The summed E-state index contributed by atoms with van der Waals surface area (Å²) in [6, 6.07) is 0. The van der Waals surface area contributed by atoms with Gasteiger partial charge in [-0.1, -0.05) is 11.3 Å². The van der Waals surface area contributed by atoms with Gasteiger partial charge in [-0.05, 0) is 19.1 Å². The Morgan fingerprint density at radius 3 is 2.50 bits per heavy atom. The molecule has 1 radical (unpaired) electrons. The third-order valence-corrected chi connectivity index (χ3v) is 1.55. The molecule has 0 unspecified atom stereocenters. The van der Waals surface area contributed by atoms with E-state index in [0.29, 0.717) is 0 Å². The van der Waals surface area contributed by atoms with E-state index in [1.54, 1.807) is 0 Å². The first kappa shape index (κ1) is 8.52. The van der Waals surface area contributed by atoms with Gasteiger partial charge in [-0.15, -0.1) is 0 Å². The number of aromatic nitrogens is 2. The van der Waals surface area contributed by atoms with Crippen LogP contribution in [0.5, 0.6) is 0 Å². The van der Waals surface area contributed by atoms with Crippen molar-refractivity contribution in [3.05, 3.63) is 8.96 Å².